The molecule has 0 spiro atoms. The summed E-state index contributed by atoms with van der Waals surface area (Å²) in [7, 11) is 1.50. The molecule has 1 fully saturated rings. The quantitative estimate of drug-likeness (QED) is 0.511. The summed E-state index contributed by atoms with van der Waals surface area (Å²) in [4.78, 5) is 40.5. The first kappa shape index (κ1) is 22.9. The van der Waals surface area contributed by atoms with E-state index in [2.05, 4.69) is 10.7 Å². The van der Waals surface area contributed by atoms with Crippen molar-refractivity contribution < 1.29 is 19.1 Å². The van der Waals surface area contributed by atoms with E-state index in [1.165, 1.54) is 17.0 Å². The van der Waals surface area contributed by atoms with E-state index in [9.17, 15) is 14.4 Å². The molecule has 0 saturated carbocycles. The molecule has 3 aromatic carbocycles. The molecule has 1 atom stereocenters. The van der Waals surface area contributed by atoms with Crippen LogP contribution in [0.1, 0.15) is 16.8 Å². The van der Waals surface area contributed by atoms with Gasteiger partial charge in [-0.2, -0.15) is 0 Å². The minimum absolute atomic E-state index is 0.0740. The number of ether oxygens (including phenoxy) is 1. The van der Waals surface area contributed by atoms with Gasteiger partial charge in [0.1, 0.15) is 11.8 Å². The van der Waals surface area contributed by atoms with E-state index in [4.69, 9.17) is 17.0 Å². The molecule has 4 rings (SSSR count). The van der Waals surface area contributed by atoms with Gasteiger partial charge in [-0.1, -0.05) is 42.5 Å². The van der Waals surface area contributed by atoms with Gasteiger partial charge in [-0.15, -0.1) is 0 Å². The monoisotopic (exact) mass is 474 g/mol. The van der Waals surface area contributed by atoms with Crippen molar-refractivity contribution in [3.8, 4) is 5.75 Å². The lowest BCUT2D eigenvalue weighted by molar-refractivity contribution is -0.124. The van der Waals surface area contributed by atoms with E-state index >= 15 is 0 Å². The highest BCUT2D eigenvalue weighted by Gasteiger charge is 2.45. The Hall–Kier alpha value is -4.24. The van der Waals surface area contributed by atoms with E-state index in [1.807, 2.05) is 12.1 Å². The van der Waals surface area contributed by atoms with E-state index < -0.39 is 17.9 Å². The average Bonchev–Trinajstić information content (AvgIpc) is 3.09. The molecule has 9 heteroatoms. The Balaban J connectivity index is 1.59. The highest BCUT2D eigenvalue weighted by Crippen LogP contribution is 2.26. The van der Waals surface area contributed by atoms with Crippen LogP contribution in [0.25, 0.3) is 0 Å². The Morgan fingerprint density at radius 2 is 1.65 bits per heavy atom. The minimum atomic E-state index is -1.02. The summed E-state index contributed by atoms with van der Waals surface area (Å²) >= 11 is 5.56. The van der Waals surface area contributed by atoms with Crippen LogP contribution in [0.3, 0.4) is 0 Å². The first-order valence-electron chi connectivity index (χ1n) is 10.5. The van der Waals surface area contributed by atoms with Crippen LogP contribution < -0.4 is 20.4 Å². The van der Waals surface area contributed by atoms with Crippen molar-refractivity contribution in [2.24, 2.45) is 0 Å². The Morgan fingerprint density at radius 1 is 0.971 bits per heavy atom. The molecule has 0 aliphatic carbocycles. The number of rotatable bonds is 7. The Bertz CT molecular complexity index is 1220. The van der Waals surface area contributed by atoms with Gasteiger partial charge < -0.3 is 10.1 Å². The minimum Gasteiger partial charge on any atom is -0.497 e. The smallest absolute Gasteiger partial charge is 0.270 e. The van der Waals surface area contributed by atoms with E-state index in [0.29, 0.717) is 22.7 Å². The largest absolute Gasteiger partial charge is 0.497 e. The maximum atomic E-state index is 13.4. The number of anilines is 2. The van der Waals surface area contributed by atoms with Crippen molar-refractivity contribution in [3.05, 3.63) is 90.5 Å². The standard InChI is InChI=1S/C25H22N4O4S/c1-33-20-14-8-9-17(15-20)23(31)27-29-21(16-22(30)26-18-10-4-2-5-11-18)24(32)28(25(29)34)19-12-6-3-7-13-19/h2-15,21H,16H2,1H3,(H,26,30)(H,27,31). The Morgan fingerprint density at radius 3 is 2.32 bits per heavy atom. The fraction of sp³-hybridized carbons (Fsp3) is 0.120. The Labute approximate surface area is 202 Å². The van der Waals surface area contributed by atoms with Crippen LogP contribution in [0.5, 0.6) is 5.75 Å². The zero-order valence-corrected chi connectivity index (χ0v) is 19.1. The molecule has 172 valence electrons. The van der Waals surface area contributed by atoms with Crippen LogP contribution in [0, 0.1) is 0 Å². The van der Waals surface area contributed by atoms with Gasteiger partial charge in [0.15, 0.2) is 0 Å². The highest BCUT2D eigenvalue weighted by molar-refractivity contribution is 7.80. The topological polar surface area (TPSA) is 91.0 Å². The van der Waals surface area contributed by atoms with Crippen LogP contribution in [-0.4, -0.2) is 41.0 Å². The van der Waals surface area contributed by atoms with Gasteiger partial charge >= 0.3 is 0 Å². The Kier molecular flexibility index (Phi) is 6.84. The molecular formula is C25H22N4O4S. The van der Waals surface area contributed by atoms with Crippen molar-refractivity contribution in [1.82, 2.24) is 10.4 Å². The maximum Gasteiger partial charge on any atom is 0.270 e. The number of hydrogen-bond donors (Lipinski definition) is 2. The third kappa shape index (κ3) is 4.89. The summed E-state index contributed by atoms with van der Waals surface area (Å²) in [5, 5.41) is 4.12. The maximum absolute atomic E-state index is 13.4. The molecule has 2 N–H and O–H groups in total. The fourth-order valence-corrected chi connectivity index (χ4v) is 3.93. The highest BCUT2D eigenvalue weighted by atomic mass is 32.1. The lowest BCUT2D eigenvalue weighted by atomic mass is 10.1. The second-order valence-corrected chi connectivity index (χ2v) is 7.83. The van der Waals surface area contributed by atoms with Crippen LogP contribution >= 0.6 is 12.2 Å². The summed E-state index contributed by atoms with van der Waals surface area (Å²) < 4.78 is 5.18. The van der Waals surface area contributed by atoms with Gasteiger partial charge in [0.2, 0.25) is 11.0 Å². The summed E-state index contributed by atoms with van der Waals surface area (Å²) in [5.74, 6) is -0.775. The van der Waals surface area contributed by atoms with E-state index in [0.717, 1.165) is 0 Å². The van der Waals surface area contributed by atoms with Crippen LogP contribution in [0.2, 0.25) is 0 Å². The molecule has 1 aliphatic heterocycles. The molecule has 8 nitrogen and oxygen atoms in total. The number of nitrogens with one attached hydrogen (secondary N) is 2. The summed E-state index contributed by atoms with van der Waals surface area (Å²) in [5.41, 5.74) is 4.17. The summed E-state index contributed by atoms with van der Waals surface area (Å²) in [6.07, 6.45) is -0.213. The number of amides is 3. The van der Waals surface area contributed by atoms with Crippen molar-refractivity contribution in [2.75, 3.05) is 17.3 Å². The number of hydrogen-bond acceptors (Lipinski definition) is 5. The number of carbonyl (C=O) groups is 3. The molecular weight excluding hydrogens is 452 g/mol. The van der Waals surface area contributed by atoms with Crippen LogP contribution in [-0.2, 0) is 9.59 Å². The summed E-state index contributed by atoms with van der Waals surface area (Å²) in [6, 6.07) is 23.3. The van der Waals surface area contributed by atoms with Gasteiger partial charge in [-0.05, 0) is 54.7 Å². The molecule has 3 aromatic rings. The molecule has 0 radical (unpaired) electrons. The van der Waals surface area contributed by atoms with Gasteiger partial charge in [-0.3, -0.25) is 24.7 Å². The molecule has 3 amide bonds. The third-order valence-corrected chi connectivity index (χ3v) is 5.60. The fourth-order valence-electron chi connectivity index (χ4n) is 3.56. The predicted octanol–water partition coefficient (Wildman–Crippen LogP) is 3.37. The first-order chi connectivity index (χ1) is 16.5. The van der Waals surface area contributed by atoms with Crippen molar-refractivity contribution in [3.63, 3.8) is 0 Å². The zero-order valence-electron chi connectivity index (χ0n) is 18.3. The number of hydrazine groups is 1. The number of methoxy groups -OCH3 is 1. The second-order valence-electron chi connectivity index (χ2n) is 7.47. The van der Waals surface area contributed by atoms with E-state index in [1.54, 1.807) is 72.8 Å². The lowest BCUT2D eigenvalue weighted by Gasteiger charge is -2.24. The molecule has 0 bridgehead atoms. The van der Waals surface area contributed by atoms with Gasteiger partial charge in [-0.25, -0.2) is 5.01 Å². The van der Waals surface area contributed by atoms with Gasteiger partial charge in [0.05, 0.1) is 19.2 Å². The molecule has 1 aliphatic rings. The molecule has 34 heavy (non-hydrogen) atoms. The van der Waals surface area contributed by atoms with Gasteiger partial charge in [0, 0.05) is 11.3 Å². The lowest BCUT2D eigenvalue weighted by Crippen LogP contribution is -2.49. The van der Waals surface area contributed by atoms with Gasteiger partial charge in [0.25, 0.3) is 11.8 Å². The normalized spacial score (nSPS) is 15.3. The molecule has 1 heterocycles. The molecule has 1 saturated heterocycles. The van der Waals surface area contributed by atoms with Crippen molar-refractivity contribution in [2.45, 2.75) is 12.5 Å². The number of carbonyl (C=O) groups excluding carboxylic acids is 3. The number of thiocarbonyl (C=S) groups is 1. The summed E-state index contributed by atoms with van der Waals surface area (Å²) in [6.45, 7) is 0. The second kappa shape index (κ2) is 10.1. The SMILES string of the molecule is COc1cccc(C(=O)NN2C(=S)N(c3ccccc3)C(=O)C2CC(=O)Nc2ccccc2)c1. The van der Waals surface area contributed by atoms with Crippen molar-refractivity contribution in [1.29, 1.82) is 0 Å². The van der Waals surface area contributed by atoms with E-state index in [-0.39, 0.29) is 17.4 Å². The predicted molar refractivity (Wildman–Crippen MR) is 132 cm³/mol. The van der Waals surface area contributed by atoms with Crippen LogP contribution in [0.4, 0.5) is 11.4 Å². The number of benzene rings is 3. The number of nitrogens with zero attached hydrogens (tertiary/aromatic N) is 2. The first-order valence-corrected chi connectivity index (χ1v) is 10.9. The zero-order chi connectivity index (χ0) is 24.1. The number of para-hydroxylation sites is 2. The van der Waals surface area contributed by atoms with Crippen molar-refractivity contribution >= 4 is 46.4 Å². The molecule has 0 aromatic heterocycles. The van der Waals surface area contributed by atoms with Crippen LogP contribution in [0.15, 0.2) is 84.9 Å². The molecule has 1 unspecified atom stereocenters. The third-order valence-electron chi connectivity index (χ3n) is 5.22. The average molecular weight is 475 g/mol.